The van der Waals surface area contributed by atoms with Crippen LogP contribution in [0.5, 0.6) is 5.88 Å². The molecular formula is C13H14Cl2N4O4S. The van der Waals surface area contributed by atoms with Crippen molar-refractivity contribution in [2.24, 2.45) is 10.9 Å². The van der Waals surface area contributed by atoms with E-state index >= 15 is 0 Å². The molecule has 0 fully saturated rings. The van der Waals surface area contributed by atoms with Crippen LogP contribution < -0.4 is 20.9 Å². The molecule has 1 aromatic carbocycles. The van der Waals surface area contributed by atoms with Crippen molar-refractivity contribution >= 4 is 55.8 Å². The number of aromatic nitrogens is 1. The molecule has 0 aliphatic heterocycles. The van der Waals surface area contributed by atoms with Crippen LogP contribution >= 0.6 is 23.2 Å². The summed E-state index contributed by atoms with van der Waals surface area (Å²) in [6.07, 6.45) is 0. The lowest BCUT2D eigenvalue weighted by Gasteiger charge is -2.12. The van der Waals surface area contributed by atoms with Gasteiger partial charge in [0.15, 0.2) is 0 Å². The molecule has 11 heteroatoms. The van der Waals surface area contributed by atoms with Crippen molar-refractivity contribution in [3.63, 3.8) is 0 Å². The fourth-order valence-corrected chi connectivity index (χ4v) is 2.64. The van der Waals surface area contributed by atoms with Crippen LogP contribution in [0.25, 0.3) is 10.9 Å². The fraction of sp³-hybridized carbons (Fsp3) is 0.231. The number of carbonyl (C=O) groups is 1. The Kier molecular flexibility index (Phi) is 5.83. The summed E-state index contributed by atoms with van der Waals surface area (Å²) in [4.78, 5) is 15.5. The van der Waals surface area contributed by atoms with E-state index in [0.717, 1.165) is 0 Å². The molecular weight excluding hydrogens is 379 g/mol. The molecule has 1 aromatic heterocycles. The number of nitrogens with one attached hydrogen (secondary N) is 1. The summed E-state index contributed by atoms with van der Waals surface area (Å²) < 4.78 is 27.1. The number of ether oxygens (including phenoxy) is 1. The van der Waals surface area contributed by atoms with Crippen LogP contribution in [0, 0.1) is 0 Å². The van der Waals surface area contributed by atoms with E-state index in [9.17, 15) is 13.2 Å². The Bertz CT molecular complexity index is 889. The van der Waals surface area contributed by atoms with Crippen molar-refractivity contribution in [2.45, 2.75) is 0 Å². The van der Waals surface area contributed by atoms with Gasteiger partial charge in [0, 0.05) is 23.7 Å². The zero-order valence-corrected chi connectivity index (χ0v) is 14.6. The van der Waals surface area contributed by atoms with E-state index in [4.69, 9.17) is 38.8 Å². The number of carbonyl (C=O) groups excluding carboxylic acids is 1. The minimum absolute atomic E-state index is 0.0415. The number of pyridine rings is 1. The summed E-state index contributed by atoms with van der Waals surface area (Å²) in [6.45, 7) is -0.278. The highest BCUT2D eigenvalue weighted by atomic mass is 35.5. The van der Waals surface area contributed by atoms with Crippen molar-refractivity contribution < 1.29 is 17.9 Å². The molecule has 0 spiro atoms. The Morgan fingerprint density at radius 1 is 1.33 bits per heavy atom. The van der Waals surface area contributed by atoms with Crippen LogP contribution in [0.4, 0.5) is 5.69 Å². The largest absolute Gasteiger partial charge is 0.406 e. The average Bonchev–Trinajstić information content (AvgIpc) is 2.50. The number of hydrogen-bond acceptors (Lipinski definition) is 7. The smallest absolute Gasteiger partial charge is 0.326 e. The molecule has 0 aliphatic rings. The number of esters is 1. The van der Waals surface area contributed by atoms with Gasteiger partial charge < -0.3 is 15.8 Å². The maximum Gasteiger partial charge on any atom is 0.326 e. The van der Waals surface area contributed by atoms with Gasteiger partial charge in [-0.25, -0.2) is 18.5 Å². The molecule has 2 aromatic rings. The lowest BCUT2D eigenvalue weighted by atomic mass is 10.2. The first-order chi connectivity index (χ1) is 11.2. The maximum atomic E-state index is 11.4. The van der Waals surface area contributed by atoms with Crippen LogP contribution in [0.1, 0.15) is 0 Å². The summed E-state index contributed by atoms with van der Waals surface area (Å²) in [5, 5.41) is 8.89. The number of benzene rings is 1. The zero-order chi connectivity index (χ0) is 17.9. The number of sulfonamides is 1. The van der Waals surface area contributed by atoms with E-state index in [0.29, 0.717) is 16.6 Å². The molecule has 5 N–H and O–H groups in total. The number of nitrogens with zero attached hydrogens (tertiary/aromatic N) is 1. The number of hydrogen-bond donors (Lipinski definition) is 3. The first-order valence-corrected chi connectivity index (χ1v) is 9.12. The van der Waals surface area contributed by atoms with Gasteiger partial charge in [0.1, 0.15) is 0 Å². The Hall–Kier alpha value is -1.65. The molecule has 0 radical (unpaired) electrons. The summed E-state index contributed by atoms with van der Waals surface area (Å²) in [6, 6.07) is 4.66. The van der Waals surface area contributed by atoms with Gasteiger partial charge in [-0.3, -0.25) is 4.79 Å². The molecule has 0 atom stereocenters. The van der Waals surface area contributed by atoms with E-state index in [2.05, 4.69) is 10.3 Å². The average molecular weight is 393 g/mol. The minimum atomic E-state index is -3.62. The Balaban J connectivity index is 2.46. The Morgan fingerprint density at radius 3 is 2.67 bits per heavy atom. The van der Waals surface area contributed by atoms with Crippen molar-refractivity contribution in [1.82, 2.24) is 4.98 Å². The summed E-state index contributed by atoms with van der Waals surface area (Å²) in [5.41, 5.74) is 5.96. The predicted molar refractivity (Wildman–Crippen MR) is 92.9 cm³/mol. The predicted octanol–water partition coefficient (Wildman–Crippen LogP) is 1.11. The third-order valence-electron chi connectivity index (χ3n) is 2.94. The van der Waals surface area contributed by atoms with Crippen LogP contribution in [0.2, 0.25) is 10.0 Å². The summed E-state index contributed by atoms with van der Waals surface area (Å²) in [7, 11) is -3.62. The van der Waals surface area contributed by atoms with Gasteiger partial charge in [0.05, 0.1) is 27.9 Å². The lowest BCUT2D eigenvalue weighted by Crippen LogP contribution is -2.22. The topological polar surface area (TPSA) is 137 Å². The maximum absolute atomic E-state index is 11.4. The fourth-order valence-electron chi connectivity index (χ4n) is 1.90. The van der Waals surface area contributed by atoms with Crippen molar-refractivity contribution in [1.29, 1.82) is 0 Å². The van der Waals surface area contributed by atoms with Gasteiger partial charge >= 0.3 is 5.97 Å². The quantitative estimate of drug-likeness (QED) is 0.625. The number of rotatable bonds is 6. The summed E-state index contributed by atoms with van der Waals surface area (Å²) in [5.74, 6) is -1.01. The first kappa shape index (κ1) is 18.7. The third-order valence-corrected chi connectivity index (χ3v) is 4.50. The SMILES string of the molecule is NCC(=O)Oc1cc(NCCS(N)(=O)=O)c2ccc(Cl)c(Cl)c2n1. The van der Waals surface area contributed by atoms with Gasteiger partial charge in [-0.05, 0) is 12.1 Å². The molecule has 0 amide bonds. The van der Waals surface area contributed by atoms with Crippen LogP contribution in [-0.4, -0.2) is 38.2 Å². The number of fused-ring (bicyclic) bond motifs is 1. The molecule has 130 valence electrons. The highest BCUT2D eigenvalue weighted by molar-refractivity contribution is 7.89. The van der Waals surface area contributed by atoms with Gasteiger partial charge in [0.2, 0.25) is 15.9 Å². The van der Waals surface area contributed by atoms with E-state index in [1.54, 1.807) is 12.1 Å². The summed E-state index contributed by atoms with van der Waals surface area (Å²) >= 11 is 12.1. The van der Waals surface area contributed by atoms with Crippen molar-refractivity contribution in [3.05, 3.63) is 28.2 Å². The first-order valence-electron chi connectivity index (χ1n) is 6.65. The zero-order valence-electron chi connectivity index (χ0n) is 12.3. The minimum Gasteiger partial charge on any atom is -0.406 e. The second-order valence-corrected chi connectivity index (χ2v) is 7.26. The van der Waals surface area contributed by atoms with Crippen LogP contribution in [-0.2, 0) is 14.8 Å². The van der Waals surface area contributed by atoms with Gasteiger partial charge in [-0.2, -0.15) is 0 Å². The molecule has 0 aliphatic carbocycles. The molecule has 1 heterocycles. The second-order valence-electron chi connectivity index (χ2n) is 4.74. The van der Waals surface area contributed by atoms with Crippen molar-refractivity contribution in [2.75, 3.05) is 24.2 Å². The molecule has 8 nitrogen and oxygen atoms in total. The molecule has 0 unspecified atom stereocenters. The van der Waals surface area contributed by atoms with Gasteiger partial charge in [0.25, 0.3) is 0 Å². The Labute approximate surface area is 148 Å². The lowest BCUT2D eigenvalue weighted by molar-refractivity contribution is -0.133. The van der Waals surface area contributed by atoms with E-state index in [-0.39, 0.29) is 34.8 Å². The molecule has 24 heavy (non-hydrogen) atoms. The van der Waals surface area contributed by atoms with Crippen LogP contribution in [0.3, 0.4) is 0 Å². The number of primary sulfonamides is 1. The molecule has 0 saturated heterocycles. The van der Waals surface area contributed by atoms with E-state index in [1.165, 1.54) is 6.07 Å². The van der Waals surface area contributed by atoms with Gasteiger partial charge in [-0.1, -0.05) is 23.2 Å². The van der Waals surface area contributed by atoms with E-state index in [1.807, 2.05) is 0 Å². The number of nitrogens with two attached hydrogens (primary N) is 2. The molecule has 0 bridgehead atoms. The Morgan fingerprint density at radius 2 is 2.04 bits per heavy atom. The monoisotopic (exact) mass is 392 g/mol. The highest BCUT2D eigenvalue weighted by Crippen LogP contribution is 2.35. The number of anilines is 1. The van der Waals surface area contributed by atoms with Gasteiger partial charge in [-0.15, -0.1) is 0 Å². The standard InChI is InChI=1S/C13H14Cl2N4O4S/c14-8-2-1-7-9(18-3-4-24(17,21)22)5-10(23-11(20)6-16)19-13(7)12(8)15/h1-2,5H,3-4,6,16H2,(H,18,19)(H2,17,21,22). The molecule has 2 rings (SSSR count). The second kappa shape index (κ2) is 7.49. The normalized spacial score (nSPS) is 11.5. The van der Waals surface area contributed by atoms with Crippen molar-refractivity contribution in [3.8, 4) is 5.88 Å². The molecule has 0 saturated carbocycles. The highest BCUT2D eigenvalue weighted by Gasteiger charge is 2.14. The third kappa shape index (κ3) is 4.68. The van der Waals surface area contributed by atoms with E-state index < -0.39 is 16.0 Å². The number of halogens is 2. The van der Waals surface area contributed by atoms with Crippen LogP contribution in [0.15, 0.2) is 18.2 Å².